The van der Waals surface area contributed by atoms with E-state index in [2.05, 4.69) is 50.8 Å². The molecule has 0 aliphatic heterocycles. The summed E-state index contributed by atoms with van der Waals surface area (Å²) in [4.78, 5) is 93.5. The fourth-order valence-electron chi connectivity index (χ4n) is 6.02. The number of Topliss-reactive ketones (excluding diaryl/α,β-unsaturated/α-hetero) is 1. The minimum absolute atomic E-state index is 0. The van der Waals surface area contributed by atoms with Crippen molar-refractivity contribution in [2.24, 2.45) is 20.0 Å². The van der Waals surface area contributed by atoms with Gasteiger partial charge in [-0.15, -0.1) is 0 Å². The molecule has 0 saturated carbocycles. The SMILES string of the molecule is Cn1ccnc1CN(CCCC[C@H](CC(=O)CCCCCCC(=O)NCCCC[C@H](NC(=O)N[C@@H](CCC(=O)O)C(=O)O)C(=O)O)C(=O)O)Cc1nccn1C.[C-]#[O+].[C-]#[O+].[C-]#[O+].[Re]. The summed E-state index contributed by atoms with van der Waals surface area (Å²) in [6.45, 7) is 15.8. The van der Waals surface area contributed by atoms with Crippen molar-refractivity contribution in [1.29, 1.82) is 0 Å². The molecule has 63 heavy (non-hydrogen) atoms. The molecule has 0 bridgehead atoms. The Morgan fingerprint density at radius 2 is 1.14 bits per heavy atom. The summed E-state index contributed by atoms with van der Waals surface area (Å²) in [5.74, 6) is -4.12. The molecule has 23 heteroatoms. The average molecular weight is 1060 g/mol. The smallest absolute Gasteiger partial charge is 0 e. The van der Waals surface area contributed by atoms with Crippen LogP contribution in [0.25, 0.3) is 0 Å². The number of carbonyl (C=O) groups excluding carboxylic acids is 3. The minimum atomic E-state index is -1.49. The first-order chi connectivity index (χ1) is 29.7. The molecule has 7 N–H and O–H groups in total. The van der Waals surface area contributed by atoms with Gasteiger partial charge in [0, 0.05) is 91.5 Å². The number of imidazole rings is 2. The fraction of sp³-hybridized carbons (Fsp3) is 0.600. The molecule has 22 nitrogen and oxygen atoms in total. The van der Waals surface area contributed by atoms with Gasteiger partial charge >= 0.3 is 63.8 Å². The van der Waals surface area contributed by atoms with Gasteiger partial charge in [0.15, 0.2) is 0 Å². The standard InChI is InChI=1S/C37H58N8O11.3CO.Re/c1-43-21-18-38-30(43)24-45(25-31-39-19-22-44(31)2)20-10-8-11-26(34(50)51)23-27(46)12-5-3-4-6-14-32(47)40-17-9-7-13-28(35(52)53)41-37(56)42-29(36(54)55)15-16-33(48)49;3*1-2;/h18-19,21-22,26,28-29H,3-17,20,23-25H2,1-2H3,(H,40,47)(H,48,49)(H,50,51)(H,52,53)(H,54,55)(H2,41,42,56);;;;/t26-,28+,29+;;;;/m1..../s1. The molecule has 0 aromatic carbocycles. The van der Waals surface area contributed by atoms with E-state index in [-0.39, 0.29) is 64.2 Å². The quantitative estimate of drug-likeness (QED) is 0.0324. The van der Waals surface area contributed by atoms with Crippen LogP contribution in [0.1, 0.15) is 108 Å². The Bertz CT molecular complexity index is 1670. The predicted molar refractivity (Wildman–Crippen MR) is 213 cm³/mol. The Kier molecular flexibility index (Phi) is 37.5. The number of carboxylic acids is 4. The topological polar surface area (TPSA) is 335 Å². The van der Waals surface area contributed by atoms with Crippen molar-refractivity contribution >= 4 is 41.6 Å². The van der Waals surface area contributed by atoms with E-state index >= 15 is 0 Å². The molecule has 0 fully saturated rings. The van der Waals surface area contributed by atoms with Gasteiger partial charge in [-0.3, -0.25) is 24.1 Å². The Morgan fingerprint density at radius 3 is 1.60 bits per heavy atom. The van der Waals surface area contributed by atoms with E-state index < -0.39 is 54.3 Å². The number of rotatable bonds is 31. The maximum absolute atomic E-state index is 12.6. The van der Waals surface area contributed by atoms with Crippen LogP contribution in [0.4, 0.5) is 4.79 Å². The first-order valence-corrected chi connectivity index (χ1v) is 19.7. The summed E-state index contributed by atoms with van der Waals surface area (Å²) in [5.41, 5.74) is 0. The maximum atomic E-state index is 12.6. The van der Waals surface area contributed by atoms with Crippen molar-refractivity contribution in [2.45, 2.75) is 121 Å². The number of carboxylic acid groups (broad SMARTS) is 4. The Labute approximate surface area is 379 Å². The van der Waals surface area contributed by atoms with Crippen molar-refractivity contribution in [3.63, 3.8) is 0 Å². The number of aliphatic carboxylic acids is 4. The summed E-state index contributed by atoms with van der Waals surface area (Å²) < 4.78 is 26.4. The molecule has 349 valence electrons. The Morgan fingerprint density at radius 1 is 0.651 bits per heavy atom. The third-order valence-corrected chi connectivity index (χ3v) is 9.38. The van der Waals surface area contributed by atoms with Crippen LogP contribution in [0.2, 0.25) is 0 Å². The predicted octanol–water partition coefficient (Wildman–Crippen LogP) is 2.57. The number of hydrogen-bond donors (Lipinski definition) is 7. The van der Waals surface area contributed by atoms with Crippen LogP contribution in [-0.2, 0) is 90.3 Å². The zero-order valence-corrected chi connectivity index (χ0v) is 38.2. The van der Waals surface area contributed by atoms with Gasteiger partial charge in [-0.05, 0) is 57.9 Å². The summed E-state index contributed by atoms with van der Waals surface area (Å²) in [7, 11) is 3.89. The van der Waals surface area contributed by atoms with Gasteiger partial charge in [0.2, 0.25) is 5.91 Å². The van der Waals surface area contributed by atoms with Crippen LogP contribution < -0.4 is 16.0 Å². The van der Waals surface area contributed by atoms with Crippen molar-refractivity contribution < 1.29 is 88.4 Å². The number of nitrogens with zero attached hydrogens (tertiary/aromatic N) is 5. The van der Waals surface area contributed by atoms with Gasteiger partial charge in [-0.2, -0.15) is 0 Å². The average Bonchev–Trinajstić information content (AvgIpc) is 3.85. The van der Waals surface area contributed by atoms with E-state index in [0.29, 0.717) is 58.2 Å². The third kappa shape index (κ3) is 29.5. The molecule has 0 aliphatic carbocycles. The first kappa shape index (κ1) is 61.8. The largest absolute Gasteiger partial charge is 0 e. The molecular weight excluding hydrogens is 1000 g/mol. The molecule has 0 saturated heterocycles. The maximum Gasteiger partial charge on any atom is 0 e. The number of nitrogens with one attached hydrogen (secondary N) is 3. The molecule has 0 unspecified atom stereocenters. The van der Waals surface area contributed by atoms with E-state index in [4.69, 9.17) is 24.2 Å². The molecule has 3 atom stereocenters. The Balaban J connectivity index is -0.00000492. The second-order valence-corrected chi connectivity index (χ2v) is 14.0. The zero-order valence-electron chi connectivity index (χ0n) is 35.5. The normalized spacial score (nSPS) is 11.4. The monoisotopic (exact) mass is 1060 g/mol. The van der Waals surface area contributed by atoms with Gasteiger partial charge in [0.25, 0.3) is 0 Å². The number of aromatic nitrogens is 4. The number of carbonyl (C=O) groups is 7. The molecular formula is C40H58N8O14Re. The second kappa shape index (κ2) is 38.2. The van der Waals surface area contributed by atoms with Crippen LogP contribution in [0, 0.1) is 25.9 Å². The van der Waals surface area contributed by atoms with Crippen LogP contribution in [0.5, 0.6) is 0 Å². The zero-order chi connectivity index (χ0) is 47.5. The van der Waals surface area contributed by atoms with Crippen molar-refractivity contribution in [2.75, 3.05) is 13.1 Å². The number of unbranched alkanes of at least 4 members (excludes halogenated alkanes) is 5. The van der Waals surface area contributed by atoms with Gasteiger partial charge in [-0.1, -0.05) is 19.3 Å². The molecule has 1 radical (unpaired) electrons. The van der Waals surface area contributed by atoms with E-state index in [0.717, 1.165) is 37.5 Å². The van der Waals surface area contributed by atoms with E-state index in [1.54, 1.807) is 12.4 Å². The number of amides is 3. The molecule has 2 aromatic rings. The summed E-state index contributed by atoms with van der Waals surface area (Å²) in [6, 6.07) is -3.85. The van der Waals surface area contributed by atoms with Gasteiger partial charge in [0.1, 0.15) is 29.5 Å². The first-order valence-electron chi connectivity index (χ1n) is 19.7. The molecule has 0 aliphatic rings. The number of hydrogen-bond acceptors (Lipinski definition) is 10. The molecule has 3 amide bonds. The Hall–Kier alpha value is -5.45. The van der Waals surface area contributed by atoms with E-state index in [1.807, 2.05) is 35.6 Å². The van der Waals surface area contributed by atoms with Crippen molar-refractivity contribution in [3.05, 3.63) is 56.4 Å². The minimum Gasteiger partial charge on any atom is 0 e. The number of urea groups is 1. The van der Waals surface area contributed by atoms with E-state index in [9.17, 15) is 43.8 Å². The van der Waals surface area contributed by atoms with Gasteiger partial charge in [-0.25, -0.2) is 24.4 Å². The molecule has 0 spiro atoms. The van der Waals surface area contributed by atoms with Crippen LogP contribution >= 0.6 is 0 Å². The number of aryl methyl sites for hydroxylation is 2. The van der Waals surface area contributed by atoms with Crippen LogP contribution in [-0.4, -0.2) is 111 Å². The number of ketones is 1. The summed E-state index contributed by atoms with van der Waals surface area (Å²) in [6.07, 6.45) is 12.3. The summed E-state index contributed by atoms with van der Waals surface area (Å²) in [5, 5.41) is 44.1. The van der Waals surface area contributed by atoms with Crippen LogP contribution in [0.3, 0.4) is 0 Å². The molecule has 2 heterocycles. The molecule has 2 aromatic heterocycles. The van der Waals surface area contributed by atoms with Crippen molar-refractivity contribution in [3.8, 4) is 0 Å². The van der Waals surface area contributed by atoms with Crippen LogP contribution in [0.15, 0.2) is 24.8 Å². The molecule has 2 rings (SSSR count). The fourth-order valence-corrected chi connectivity index (χ4v) is 6.02. The summed E-state index contributed by atoms with van der Waals surface area (Å²) >= 11 is 0. The van der Waals surface area contributed by atoms with Gasteiger partial charge < -0.3 is 45.5 Å². The van der Waals surface area contributed by atoms with Crippen molar-refractivity contribution in [1.82, 2.24) is 40.0 Å². The second-order valence-electron chi connectivity index (χ2n) is 14.0. The van der Waals surface area contributed by atoms with Gasteiger partial charge in [0.05, 0.1) is 19.0 Å². The van der Waals surface area contributed by atoms with E-state index in [1.165, 1.54) is 0 Å². The third-order valence-electron chi connectivity index (χ3n) is 9.38.